The molecule has 1 heterocycles. The number of hydrogen-bond donors (Lipinski definition) is 2. The number of rotatable bonds is 6. The van der Waals surface area contributed by atoms with Crippen molar-refractivity contribution in [3.8, 4) is 11.5 Å². The molecule has 1 aromatic carbocycles. The lowest BCUT2D eigenvalue weighted by Crippen LogP contribution is -2.42. The van der Waals surface area contributed by atoms with Gasteiger partial charge in [-0.25, -0.2) is 13.1 Å². The van der Waals surface area contributed by atoms with Gasteiger partial charge in [-0.15, -0.1) is 12.4 Å². The highest BCUT2D eigenvalue weighted by atomic mass is 35.5. The van der Waals surface area contributed by atoms with E-state index in [1.807, 2.05) is 0 Å². The van der Waals surface area contributed by atoms with Crippen LogP contribution in [0.25, 0.3) is 0 Å². The smallest absolute Gasteiger partial charge is 0.240 e. The first-order valence-corrected chi connectivity index (χ1v) is 9.23. The lowest BCUT2D eigenvalue weighted by molar-refractivity contribution is 0.232. The molecule has 0 amide bonds. The predicted octanol–water partition coefficient (Wildman–Crippen LogP) is 2.10. The zero-order valence-corrected chi connectivity index (χ0v) is 16.3. The molecule has 0 unspecified atom stereocenters. The maximum Gasteiger partial charge on any atom is 0.240 e. The Morgan fingerprint density at radius 2 is 1.71 bits per heavy atom. The van der Waals surface area contributed by atoms with Crippen LogP contribution in [0.1, 0.15) is 25.3 Å². The summed E-state index contributed by atoms with van der Waals surface area (Å²) in [7, 11) is -0.569. The van der Waals surface area contributed by atoms with E-state index in [1.54, 1.807) is 13.0 Å². The number of piperidine rings is 1. The molecule has 0 aliphatic carbocycles. The molecule has 138 valence electrons. The van der Waals surface area contributed by atoms with E-state index in [2.05, 4.69) is 17.0 Å². The maximum atomic E-state index is 12.7. The molecule has 0 bridgehead atoms. The summed E-state index contributed by atoms with van der Waals surface area (Å²) in [6, 6.07) is 3.20. The topological polar surface area (TPSA) is 76.7 Å². The summed E-state index contributed by atoms with van der Waals surface area (Å²) < 4.78 is 38.6. The van der Waals surface area contributed by atoms with Gasteiger partial charge in [0.15, 0.2) is 11.5 Å². The van der Waals surface area contributed by atoms with Crippen LogP contribution >= 0.6 is 12.4 Å². The standard InChI is InChI=1S/C16H26N2O4S.ClH/c1-12-9-13(21-3)14(22-4)10-15(12)23(19,20)18-11-16(2)5-7-17-8-6-16;/h9-10,17-18H,5-8,11H2,1-4H3;1H. The van der Waals surface area contributed by atoms with Crippen LogP contribution in [0.5, 0.6) is 11.5 Å². The molecule has 1 fully saturated rings. The van der Waals surface area contributed by atoms with Crippen LogP contribution in [-0.2, 0) is 10.0 Å². The second kappa shape index (κ2) is 8.38. The average molecular weight is 379 g/mol. The Labute approximate surface area is 150 Å². The highest BCUT2D eigenvalue weighted by Gasteiger charge is 2.29. The summed E-state index contributed by atoms with van der Waals surface area (Å²) in [6.07, 6.45) is 1.92. The normalized spacial score (nSPS) is 17.0. The molecule has 8 heteroatoms. The molecule has 1 aliphatic heterocycles. The maximum absolute atomic E-state index is 12.7. The predicted molar refractivity (Wildman–Crippen MR) is 96.9 cm³/mol. The van der Waals surface area contributed by atoms with Crippen LogP contribution in [0.2, 0.25) is 0 Å². The zero-order valence-electron chi connectivity index (χ0n) is 14.6. The zero-order chi connectivity index (χ0) is 17.1. The van der Waals surface area contributed by atoms with E-state index < -0.39 is 10.0 Å². The molecule has 0 radical (unpaired) electrons. The third-order valence-corrected chi connectivity index (χ3v) is 6.01. The molecule has 24 heavy (non-hydrogen) atoms. The Morgan fingerprint density at radius 1 is 1.17 bits per heavy atom. The molecule has 6 nitrogen and oxygen atoms in total. The van der Waals surface area contributed by atoms with E-state index >= 15 is 0 Å². The second-order valence-corrected chi connectivity index (χ2v) is 8.09. The number of nitrogens with one attached hydrogen (secondary N) is 2. The first-order valence-electron chi connectivity index (χ1n) is 7.74. The van der Waals surface area contributed by atoms with Crippen LogP contribution in [0.15, 0.2) is 17.0 Å². The molecular weight excluding hydrogens is 352 g/mol. The molecule has 0 atom stereocenters. The molecule has 2 N–H and O–H groups in total. The third-order valence-electron chi connectivity index (χ3n) is 4.47. The van der Waals surface area contributed by atoms with Gasteiger partial charge in [-0.05, 0) is 49.9 Å². The summed E-state index contributed by atoms with van der Waals surface area (Å²) >= 11 is 0. The van der Waals surface area contributed by atoms with Crippen molar-refractivity contribution in [2.45, 2.75) is 31.6 Å². The van der Waals surface area contributed by atoms with Crippen molar-refractivity contribution in [2.24, 2.45) is 5.41 Å². The van der Waals surface area contributed by atoms with E-state index in [0.717, 1.165) is 25.9 Å². The van der Waals surface area contributed by atoms with Crippen LogP contribution in [0.3, 0.4) is 0 Å². The quantitative estimate of drug-likeness (QED) is 0.792. The molecule has 0 saturated carbocycles. The van der Waals surface area contributed by atoms with Crippen molar-refractivity contribution >= 4 is 22.4 Å². The first-order chi connectivity index (χ1) is 10.8. The molecule has 1 aromatic rings. The van der Waals surface area contributed by atoms with Crippen molar-refractivity contribution in [1.29, 1.82) is 0 Å². The van der Waals surface area contributed by atoms with Crippen molar-refractivity contribution in [1.82, 2.24) is 10.0 Å². The Morgan fingerprint density at radius 3 is 2.25 bits per heavy atom. The largest absolute Gasteiger partial charge is 0.493 e. The summed E-state index contributed by atoms with van der Waals surface area (Å²) in [5, 5.41) is 3.30. The van der Waals surface area contributed by atoms with Gasteiger partial charge in [0.25, 0.3) is 0 Å². The number of hydrogen-bond acceptors (Lipinski definition) is 5. The second-order valence-electron chi connectivity index (χ2n) is 6.36. The Hall–Kier alpha value is -1.02. The van der Waals surface area contributed by atoms with Gasteiger partial charge >= 0.3 is 0 Å². The van der Waals surface area contributed by atoms with Crippen molar-refractivity contribution in [3.63, 3.8) is 0 Å². The van der Waals surface area contributed by atoms with Gasteiger partial charge in [0.1, 0.15) is 0 Å². The minimum absolute atomic E-state index is 0. The van der Waals surface area contributed by atoms with Gasteiger partial charge in [-0.1, -0.05) is 6.92 Å². The summed E-state index contributed by atoms with van der Waals surface area (Å²) in [4.78, 5) is 0.229. The Bertz CT molecular complexity index is 658. The van der Waals surface area contributed by atoms with Gasteiger partial charge in [0.2, 0.25) is 10.0 Å². The minimum Gasteiger partial charge on any atom is -0.493 e. The van der Waals surface area contributed by atoms with Gasteiger partial charge < -0.3 is 14.8 Å². The molecular formula is C16H27ClN2O4S. The van der Waals surface area contributed by atoms with E-state index in [0.29, 0.717) is 23.6 Å². The monoisotopic (exact) mass is 378 g/mol. The number of halogens is 1. The summed E-state index contributed by atoms with van der Waals surface area (Å²) in [6.45, 7) is 6.16. The van der Waals surface area contributed by atoms with E-state index in [-0.39, 0.29) is 22.7 Å². The fourth-order valence-corrected chi connectivity index (χ4v) is 4.24. The number of sulfonamides is 1. The van der Waals surface area contributed by atoms with Crippen LogP contribution < -0.4 is 19.5 Å². The van der Waals surface area contributed by atoms with Crippen LogP contribution in [-0.4, -0.2) is 42.3 Å². The van der Waals surface area contributed by atoms with Crippen LogP contribution in [0.4, 0.5) is 0 Å². The molecule has 2 rings (SSSR count). The Balaban J connectivity index is 0.00000288. The third kappa shape index (κ3) is 4.75. The van der Waals surface area contributed by atoms with Gasteiger partial charge in [0.05, 0.1) is 19.1 Å². The van der Waals surface area contributed by atoms with E-state index in [9.17, 15) is 8.42 Å². The highest BCUT2D eigenvalue weighted by Crippen LogP contribution is 2.33. The Kier molecular flexibility index (Phi) is 7.34. The van der Waals surface area contributed by atoms with Gasteiger partial charge in [0, 0.05) is 12.6 Å². The number of benzene rings is 1. The van der Waals surface area contributed by atoms with E-state index in [4.69, 9.17) is 9.47 Å². The lowest BCUT2D eigenvalue weighted by atomic mass is 9.81. The van der Waals surface area contributed by atoms with Crippen molar-refractivity contribution < 1.29 is 17.9 Å². The SMILES string of the molecule is COc1cc(C)c(S(=O)(=O)NCC2(C)CCNCC2)cc1OC.Cl. The summed E-state index contributed by atoms with van der Waals surface area (Å²) in [5.74, 6) is 0.931. The van der Waals surface area contributed by atoms with Gasteiger partial charge in [-0.2, -0.15) is 0 Å². The van der Waals surface area contributed by atoms with E-state index in [1.165, 1.54) is 20.3 Å². The van der Waals surface area contributed by atoms with Crippen LogP contribution in [0, 0.1) is 12.3 Å². The fourth-order valence-electron chi connectivity index (χ4n) is 2.81. The number of methoxy groups -OCH3 is 2. The molecule has 1 aliphatic rings. The molecule has 1 saturated heterocycles. The number of ether oxygens (including phenoxy) is 2. The van der Waals surface area contributed by atoms with Crippen molar-refractivity contribution in [2.75, 3.05) is 33.9 Å². The van der Waals surface area contributed by atoms with Gasteiger partial charge in [-0.3, -0.25) is 0 Å². The molecule has 0 spiro atoms. The first kappa shape index (κ1) is 21.0. The fraction of sp³-hybridized carbons (Fsp3) is 0.625. The average Bonchev–Trinajstić information content (AvgIpc) is 2.53. The minimum atomic E-state index is -3.59. The molecule has 0 aromatic heterocycles. The number of aryl methyl sites for hydroxylation is 1. The lowest BCUT2D eigenvalue weighted by Gasteiger charge is -2.34. The van der Waals surface area contributed by atoms with Crippen molar-refractivity contribution in [3.05, 3.63) is 17.7 Å². The summed E-state index contributed by atoms with van der Waals surface area (Å²) in [5.41, 5.74) is 0.619. The highest BCUT2D eigenvalue weighted by molar-refractivity contribution is 7.89.